The van der Waals surface area contributed by atoms with Gasteiger partial charge in [-0.25, -0.2) is 0 Å². The van der Waals surface area contributed by atoms with Crippen molar-refractivity contribution in [2.45, 2.75) is 59.8 Å². The summed E-state index contributed by atoms with van der Waals surface area (Å²) < 4.78 is 0. The number of hydrogen-bond donors (Lipinski definition) is 1. The monoisotopic (exact) mass is 187 g/mol. The van der Waals surface area contributed by atoms with Crippen LogP contribution < -0.4 is 5.32 Å². The molecule has 0 radical (unpaired) electrons. The first-order chi connectivity index (χ1) is 6.27. The minimum absolute atomic E-state index is 0.0838. The van der Waals surface area contributed by atoms with Crippen molar-refractivity contribution in [3.63, 3.8) is 0 Å². The van der Waals surface area contributed by atoms with Crippen LogP contribution >= 0.6 is 0 Å². The number of rotatable bonds is 6. The summed E-state index contributed by atoms with van der Waals surface area (Å²) in [4.78, 5) is 10.4. The third kappa shape index (κ3) is 18.4. The molecule has 0 saturated heterocycles. The number of carbonyl (C=O) groups is 1. The largest absolute Gasteiger partial charge is 0.356 e. The van der Waals surface area contributed by atoms with E-state index in [0.717, 1.165) is 13.0 Å². The molecule has 0 saturated carbocycles. The Labute approximate surface area is 83.1 Å². The second kappa shape index (κ2) is 14.0. The highest BCUT2D eigenvalue weighted by Gasteiger charge is 1.90. The van der Waals surface area contributed by atoms with E-state index in [0.29, 0.717) is 0 Å². The summed E-state index contributed by atoms with van der Waals surface area (Å²) in [5.74, 6) is 0.0838. The highest BCUT2D eigenvalue weighted by molar-refractivity contribution is 5.72. The molecule has 0 aliphatic rings. The summed E-state index contributed by atoms with van der Waals surface area (Å²) in [6, 6.07) is 0. The zero-order chi connectivity index (χ0) is 10.5. The average molecular weight is 187 g/mol. The molecule has 2 nitrogen and oxygen atoms in total. The van der Waals surface area contributed by atoms with Gasteiger partial charge in [0.05, 0.1) is 0 Å². The summed E-state index contributed by atoms with van der Waals surface area (Å²) in [6.07, 6.45) is 6.27. The number of nitrogens with one attached hydrogen (secondary N) is 1. The van der Waals surface area contributed by atoms with Gasteiger partial charge < -0.3 is 5.32 Å². The van der Waals surface area contributed by atoms with Crippen LogP contribution in [0.1, 0.15) is 59.8 Å². The standard InChI is InChI=1S/C9H19NO.C2H6/c1-3-4-5-6-7-8-10-9(2)11;1-2/h3-8H2,1-2H3,(H,10,11);1-2H3. The van der Waals surface area contributed by atoms with E-state index in [4.69, 9.17) is 0 Å². The fourth-order valence-electron chi connectivity index (χ4n) is 0.993. The first-order valence-electron chi connectivity index (χ1n) is 5.51. The van der Waals surface area contributed by atoms with Gasteiger partial charge in [0.15, 0.2) is 0 Å². The molecule has 0 aromatic carbocycles. The molecular weight excluding hydrogens is 162 g/mol. The Kier molecular flexibility index (Phi) is 16.1. The van der Waals surface area contributed by atoms with Gasteiger partial charge in [-0.3, -0.25) is 4.79 Å². The molecule has 1 N–H and O–H groups in total. The normalized spacial score (nSPS) is 8.62. The van der Waals surface area contributed by atoms with Crippen molar-refractivity contribution in [2.75, 3.05) is 6.54 Å². The van der Waals surface area contributed by atoms with Crippen molar-refractivity contribution >= 4 is 5.91 Å². The highest BCUT2D eigenvalue weighted by atomic mass is 16.1. The zero-order valence-corrected chi connectivity index (χ0v) is 9.65. The molecule has 0 aliphatic carbocycles. The summed E-state index contributed by atoms with van der Waals surface area (Å²) in [5.41, 5.74) is 0. The number of amides is 1. The van der Waals surface area contributed by atoms with Crippen LogP contribution in [-0.4, -0.2) is 12.5 Å². The SMILES string of the molecule is CC.CCCCCCCNC(C)=O. The molecule has 0 atom stereocenters. The van der Waals surface area contributed by atoms with Gasteiger partial charge in [0.1, 0.15) is 0 Å². The Balaban J connectivity index is 0. The average Bonchev–Trinajstić information content (AvgIpc) is 2.14. The topological polar surface area (TPSA) is 29.1 Å². The lowest BCUT2D eigenvalue weighted by molar-refractivity contribution is -0.118. The van der Waals surface area contributed by atoms with Gasteiger partial charge in [-0.1, -0.05) is 46.5 Å². The molecule has 0 aliphatic heterocycles. The molecule has 0 spiro atoms. The van der Waals surface area contributed by atoms with Crippen molar-refractivity contribution in [1.82, 2.24) is 5.32 Å². The van der Waals surface area contributed by atoms with Gasteiger partial charge in [-0.15, -0.1) is 0 Å². The zero-order valence-electron chi connectivity index (χ0n) is 9.65. The van der Waals surface area contributed by atoms with Crippen molar-refractivity contribution in [3.05, 3.63) is 0 Å². The maximum atomic E-state index is 10.4. The van der Waals surface area contributed by atoms with E-state index in [2.05, 4.69) is 12.2 Å². The maximum absolute atomic E-state index is 10.4. The Morgan fingerprint density at radius 1 is 1.08 bits per heavy atom. The maximum Gasteiger partial charge on any atom is 0.216 e. The molecule has 13 heavy (non-hydrogen) atoms. The Morgan fingerprint density at radius 2 is 1.62 bits per heavy atom. The number of carbonyl (C=O) groups excluding carboxylic acids is 1. The fourth-order valence-corrected chi connectivity index (χ4v) is 0.993. The van der Waals surface area contributed by atoms with Crippen LogP contribution in [-0.2, 0) is 4.79 Å². The van der Waals surface area contributed by atoms with E-state index < -0.39 is 0 Å². The highest BCUT2D eigenvalue weighted by Crippen LogP contribution is 2.00. The van der Waals surface area contributed by atoms with Crippen LogP contribution in [0.2, 0.25) is 0 Å². The quantitative estimate of drug-likeness (QED) is 0.636. The molecule has 2 heteroatoms. The van der Waals surface area contributed by atoms with Crippen LogP contribution in [0.5, 0.6) is 0 Å². The predicted molar refractivity (Wildman–Crippen MR) is 58.8 cm³/mol. The van der Waals surface area contributed by atoms with E-state index in [9.17, 15) is 4.79 Å². The predicted octanol–water partition coefficient (Wildman–Crippen LogP) is 3.12. The van der Waals surface area contributed by atoms with Crippen molar-refractivity contribution in [3.8, 4) is 0 Å². The molecule has 0 unspecified atom stereocenters. The van der Waals surface area contributed by atoms with Crippen LogP contribution in [0.15, 0.2) is 0 Å². The molecule has 0 aromatic rings. The molecule has 0 aromatic heterocycles. The van der Waals surface area contributed by atoms with Gasteiger partial charge in [-0.05, 0) is 6.42 Å². The summed E-state index contributed by atoms with van der Waals surface area (Å²) in [5, 5.41) is 2.78. The molecule has 80 valence electrons. The summed E-state index contributed by atoms with van der Waals surface area (Å²) in [6.45, 7) is 8.61. The first-order valence-corrected chi connectivity index (χ1v) is 5.51. The minimum atomic E-state index is 0.0838. The van der Waals surface area contributed by atoms with Gasteiger partial charge in [0.2, 0.25) is 5.91 Å². The molecule has 0 rings (SSSR count). The third-order valence-electron chi connectivity index (χ3n) is 1.65. The second-order valence-electron chi connectivity index (χ2n) is 2.90. The van der Waals surface area contributed by atoms with Crippen LogP contribution in [0, 0.1) is 0 Å². The molecule has 0 bridgehead atoms. The van der Waals surface area contributed by atoms with E-state index in [1.165, 1.54) is 25.7 Å². The second-order valence-corrected chi connectivity index (χ2v) is 2.90. The van der Waals surface area contributed by atoms with Gasteiger partial charge in [-0.2, -0.15) is 0 Å². The van der Waals surface area contributed by atoms with Gasteiger partial charge in [0, 0.05) is 13.5 Å². The molecular formula is C11H25NO. The van der Waals surface area contributed by atoms with Gasteiger partial charge >= 0.3 is 0 Å². The smallest absolute Gasteiger partial charge is 0.216 e. The molecule has 1 amide bonds. The van der Waals surface area contributed by atoms with Crippen molar-refractivity contribution in [2.24, 2.45) is 0 Å². The number of hydrogen-bond acceptors (Lipinski definition) is 1. The summed E-state index contributed by atoms with van der Waals surface area (Å²) in [7, 11) is 0. The lowest BCUT2D eigenvalue weighted by atomic mass is 10.1. The first kappa shape index (κ1) is 15.0. The molecule has 0 fully saturated rings. The number of unbranched alkanes of at least 4 members (excludes halogenated alkanes) is 4. The van der Waals surface area contributed by atoms with Gasteiger partial charge in [0.25, 0.3) is 0 Å². The Morgan fingerprint density at radius 3 is 2.08 bits per heavy atom. The van der Waals surface area contributed by atoms with Crippen LogP contribution in [0.25, 0.3) is 0 Å². The fraction of sp³-hybridized carbons (Fsp3) is 0.909. The Bertz CT molecular complexity index is 102. The lowest BCUT2D eigenvalue weighted by Gasteiger charge is -2.00. The summed E-state index contributed by atoms with van der Waals surface area (Å²) >= 11 is 0. The van der Waals surface area contributed by atoms with Crippen molar-refractivity contribution in [1.29, 1.82) is 0 Å². The Hall–Kier alpha value is -0.530. The third-order valence-corrected chi connectivity index (χ3v) is 1.65. The minimum Gasteiger partial charge on any atom is -0.356 e. The van der Waals surface area contributed by atoms with E-state index in [-0.39, 0.29) is 5.91 Å². The molecule has 0 heterocycles. The van der Waals surface area contributed by atoms with Crippen molar-refractivity contribution < 1.29 is 4.79 Å². The van der Waals surface area contributed by atoms with Crippen LogP contribution in [0.4, 0.5) is 0 Å². The van der Waals surface area contributed by atoms with E-state index in [1.807, 2.05) is 13.8 Å². The van der Waals surface area contributed by atoms with Crippen LogP contribution in [0.3, 0.4) is 0 Å². The van der Waals surface area contributed by atoms with E-state index in [1.54, 1.807) is 6.92 Å². The lowest BCUT2D eigenvalue weighted by Crippen LogP contribution is -2.20. The van der Waals surface area contributed by atoms with E-state index >= 15 is 0 Å².